The zero-order valence-electron chi connectivity index (χ0n) is 9.06. The Balaban J connectivity index is 1.99. The molecule has 1 aliphatic rings. The van der Waals surface area contributed by atoms with Crippen LogP contribution in [-0.2, 0) is 0 Å². The molecule has 1 fully saturated rings. The van der Waals surface area contributed by atoms with Crippen LogP contribution >= 0.6 is 0 Å². The molecule has 2 N–H and O–H groups in total. The third-order valence-electron chi connectivity index (χ3n) is 3.24. The van der Waals surface area contributed by atoms with Crippen LogP contribution in [0.15, 0.2) is 24.3 Å². The van der Waals surface area contributed by atoms with Crippen molar-refractivity contribution in [2.45, 2.75) is 18.9 Å². The van der Waals surface area contributed by atoms with Gasteiger partial charge in [0.1, 0.15) is 0 Å². The number of anilines is 1. The van der Waals surface area contributed by atoms with Crippen LogP contribution in [0.2, 0.25) is 0 Å². The number of rotatable bonds is 2. The molecule has 0 radical (unpaired) electrons. The van der Waals surface area contributed by atoms with Crippen molar-refractivity contribution < 1.29 is 5.11 Å². The number of para-hydroxylation sites is 2. The molecule has 1 saturated heterocycles. The summed E-state index contributed by atoms with van der Waals surface area (Å²) in [6.07, 6.45) is 2.18. The zero-order chi connectivity index (χ0) is 11.0. The molecule has 1 aliphatic heterocycles. The maximum absolute atomic E-state index is 9.29. The fourth-order valence-corrected chi connectivity index (χ4v) is 2.38. The number of H-pyrrole nitrogens is 1. The molecule has 0 bridgehead atoms. The SMILES string of the molecule is OCC1CCCN1c1nc2ccccc2[nH]1. The normalized spacial score (nSPS) is 20.8. The predicted molar refractivity (Wildman–Crippen MR) is 63.5 cm³/mol. The Bertz CT molecular complexity index is 461. The van der Waals surface area contributed by atoms with E-state index in [0.717, 1.165) is 36.4 Å². The molecule has 1 atom stereocenters. The van der Waals surface area contributed by atoms with E-state index in [2.05, 4.69) is 14.9 Å². The Morgan fingerprint density at radius 2 is 2.31 bits per heavy atom. The van der Waals surface area contributed by atoms with Crippen molar-refractivity contribution >= 4 is 17.0 Å². The van der Waals surface area contributed by atoms with E-state index < -0.39 is 0 Å². The topological polar surface area (TPSA) is 52.1 Å². The number of aliphatic hydroxyl groups excluding tert-OH is 1. The molecule has 0 amide bonds. The summed E-state index contributed by atoms with van der Waals surface area (Å²) in [5, 5.41) is 9.29. The van der Waals surface area contributed by atoms with E-state index in [4.69, 9.17) is 0 Å². The van der Waals surface area contributed by atoms with E-state index in [-0.39, 0.29) is 12.6 Å². The highest BCUT2D eigenvalue weighted by molar-refractivity contribution is 5.77. The van der Waals surface area contributed by atoms with Gasteiger partial charge >= 0.3 is 0 Å². The molecule has 2 aromatic rings. The predicted octanol–water partition coefficient (Wildman–Crippen LogP) is 1.52. The van der Waals surface area contributed by atoms with Gasteiger partial charge in [0.25, 0.3) is 0 Å². The molecule has 84 valence electrons. The van der Waals surface area contributed by atoms with E-state index in [1.165, 1.54) is 0 Å². The fourth-order valence-electron chi connectivity index (χ4n) is 2.38. The van der Waals surface area contributed by atoms with E-state index in [0.29, 0.717) is 0 Å². The Morgan fingerprint density at radius 3 is 3.12 bits per heavy atom. The summed E-state index contributed by atoms with van der Waals surface area (Å²) < 4.78 is 0. The van der Waals surface area contributed by atoms with Crippen molar-refractivity contribution in [3.63, 3.8) is 0 Å². The minimum atomic E-state index is 0.205. The van der Waals surface area contributed by atoms with Crippen LogP contribution in [0.5, 0.6) is 0 Å². The molecular weight excluding hydrogens is 202 g/mol. The quantitative estimate of drug-likeness (QED) is 0.802. The lowest BCUT2D eigenvalue weighted by molar-refractivity contribution is 0.265. The highest BCUT2D eigenvalue weighted by Gasteiger charge is 2.25. The summed E-state index contributed by atoms with van der Waals surface area (Å²) in [7, 11) is 0. The second-order valence-electron chi connectivity index (χ2n) is 4.25. The largest absolute Gasteiger partial charge is 0.394 e. The van der Waals surface area contributed by atoms with Crippen molar-refractivity contribution in [3.8, 4) is 0 Å². The Morgan fingerprint density at radius 1 is 1.44 bits per heavy atom. The maximum atomic E-state index is 9.29. The van der Waals surface area contributed by atoms with E-state index >= 15 is 0 Å². The number of benzene rings is 1. The van der Waals surface area contributed by atoms with Crippen LogP contribution in [0.25, 0.3) is 11.0 Å². The Labute approximate surface area is 93.9 Å². The van der Waals surface area contributed by atoms with Crippen molar-refractivity contribution in [1.29, 1.82) is 0 Å². The van der Waals surface area contributed by atoms with Gasteiger partial charge in [-0.2, -0.15) is 0 Å². The second kappa shape index (κ2) is 3.79. The van der Waals surface area contributed by atoms with Crippen molar-refractivity contribution in [1.82, 2.24) is 9.97 Å². The van der Waals surface area contributed by atoms with Gasteiger partial charge in [0.2, 0.25) is 5.95 Å². The van der Waals surface area contributed by atoms with Gasteiger partial charge in [0.05, 0.1) is 23.7 Å². The standard InChI is InChI=1S/C12H15N3O/c16-8-9-4-3-7-15(9)12-13-10-5-1-2-6-11(10)14-12/h1-2,5-6,9,16H,3-4,7-8H2,(H,13,14). The fraction of sp³-hybridized carbons (Fsp3) is 0.417. The lowest BCUT2D eigenvalue weighted by atomic mass is 10.2. The second-order valence-corrected chi connectivity index (χ2v) is 4.25. The number of nitrogens with zero attached hydrogens (tertiary/aromatic N) is 2. The number of fused-ring (bicyclic) bond motifs is 1. The van der Waals surface area contributed by atoms with Crippen LogP contribution in [0.3, 0.4) is 0 Å². The summed E-state index contributed by atoms with van der Waals surface area (Å²) in [6.45, 7) is 1.18. The van der Waals surface area contributed by atoms with Crippen molar-refractivity contribution in [3.05, 3.63) is 24.3 Å². The molecule has 16 heavy (non-hydrogen) atoms. The summed E-state index contributed by atoms with van der Waals surface area (Å²) >= 11 is 0. The number of aliphatic hydroxyl groups is 1. The van der Waals surface area contributed by atoms with Gasteiger partial charge in [0, 0.05) is 6.54 Å². The molecule has 0 aliphatic carbocycles. The third-order valence-corrected chi connectivity index (χ3v) is 3.24. The summed E-state index contributed by atoms with van der Waals surface area (Å²) in [5.41, 5.74) is 2.04. The molecule has 4 nitrogen and oxygen atoms in total. The number of imidazole rings is 1. The maximum Gasteiger partial charge on any atom is 0.204 e. The summed E-state index contributed by atoms with van der Waals surface area (Å²) in [5.74, 6) is 0.887. The monoisotopic (exact) mass is 217 g/mol. The van der Waals surface area contributed by atoms with Crippen LogP contribution in [0.1, 0.15) is 12.8 Å². The minimum absolute atomic E-state index is 0.205. The highest BCUT2D eigenvalue weighted by Crippen LogP contribution is 2.24. The van der Waals surface area contributed by atoms with Gasteiger partial charge in [0.15, 0.2) is 0 Å². The molecule has 4 heteroatoms. The number of aromatic amines is 1. The summed E-state index contributed by atoms with van der Waals surface area (Å²) in [6, 6.07) is 8.23. The van der Waals surface area contributed by atoms with Gasteiger partial charge in [-0.25, -0.2) is 4.98 Å². The molecular formula is C12H15N3O. The van der Waals surface area contributed by atoms with Gasteiger partial charge in [-0.3, -0.25) is 0 Å². The molecule has 0 saturated carbocycles. The Hall–Kier alpha value is -1.55. The van der Waals surface area contributed by atoms with Gasteiger partial charge in [-0.15, -0.1) is 0 Å². The number of nitrogens with one attached hydrogen (secondary N) is 1. The molecule has 3 rings (SSSR count). The number of hydrogen-bond donors (Lipinski definition) is 2. The van der Waals surface area contributed by atoms with Crippen LogP contribution < -0.4 is 4.90 Å². The molecule has 1 aromatic heterocycles. The van der Waals surface area contributed by atoms with Crippen molar-refractivity contribution in [2.75, 3.05) is 18.1 Å². The molecule has 0 spiro atoms. The molecule has 1 aromatic carbocycles. The summed E-state index contributed by atoms with van der Waals surface area (Å²) in [4.78, 5) is 10.0. The van der Waals surface area contributed by atoms with E-state index in [9.17, 15) is 5.11 Å². The van der Waals surface area contributed by atoms with Crippen molar-refractivity contribution in [2.24, 2.45) is 0 Å². The first-order valence-corrected chi connectivity index (χ1v) is 5.71. The van der Waals surface area contributed by atoms with E-state index in [1.807, 2.05) is 24.3 Å². The average Bonchev–Trinajstić information content (AvgIpc) is 2.94. The first-order chi connectivity index (χ1) is 7.88. The lowest BCUT2D eigenvalue weighted by Crippen LogP contribution is -2.32. The van der Waals surface area contributed by atoms with Crippen LogP contribution in [0, 0.1) is 0 Å². The van der Waals surface area contributed by atoms with Gasteiger partial charge in [-0.1, -0.05) is 12.1 Å². The van der Waals surface area contributed by atoms with Gasteiger partial charge < -0.3 is 15.0 Å². The first-order valence-electron chi connectivity index (χ1n) is 5.71. The Kier molecular flexibility index (Phi) is 2.29. The third kappa shape index (κ3) is 1.46. The molecule has 1 unspecified atom stereocenters. The lowest BCUT2D eigenvalue weighted by Gasteiger charge is -2.21. The smallest absolute Gasteiger partial charge is 0.204 e. The average molecular weight is 217 g/mol. The minimum Gasteiger partial charge on any atom is -0.394 e. The van der Waals surface area contributed by atoms with Crippen LogP contribution in [0.4, 0.5) is 5.95 Å². The number of hydrogen-bond acceptors (Lipinski definition) is 3. The van der Waals surface area contributed by atoms with Gasteiger partial charge in [-0.05, 0) is 25.0 Å². The number of aromatic nitrogens is 2. The van der Waals surface area contributed by atoms with Crippen LogP contribution in [-0.4, -0.2) is 34.3 Å². The van der Waals surface area contributed by atoms with E-state index in [1.54, 1.807) is 0 Å². The highest BCUT2D eigenvalue weighted by atomic mass is 16.3. The zero-order valence-corrected chi connectivity index (χ0v) is 9.06. The first kappa shape index (κ1) is 9.66. The molecule has 2 heterocycles.